The van der Waals surface area contributed by atoms with E-state index >= 15 is 0 Å². The van der Waals surface area contributed by atoms with Gasteiger partial charge in [-0.25, -0.2) is 4.79 Å². The topological polar surface area (TPSA) is 80.5 Å². The number of aryl methyl sites for hydroxylation is 1. The molecule has 2 aromatic heterocycles. The van der Waals surface area contributed by atoms with Gasteiger partial charge in [0.25, 0.3) is 5.91 Å². The van der Waals surface area contributed by atoms with E-state index in [-0.39, 0.29) is 17.7 Å². The van der Waals surface area contributed by atoms with Crippen molar-refractivity contribution >= 4 is 27.9 Å². The van der Waals surface area contributed by atoms with Crippen LogP contribution in [0.2, 0.25) is 0 Å². The fourth-order valence-corrected chi connectivity index (χ4v) is 4.53. The van der Waals surface area contributed by atoms with Crippen LogP contribution in [0, 0.1) is 6.92 Å². The van der Waals surface area contributed by atoms with Crippen LogP contribution in [0.1, 0.15) is 34.9 Å². The van der Waals surface area contributed by atoms with E-state index < -0.39 is 0 Å². The molecule has 1 aliphatic rings. The van der Waals surface area contributed by atoms with Crippen molar-refractivity contribution in [2.45, 2.75) is 25.8 Å². The number of oxazole rings is 1. The van der Waals surface area contributed by atoms with Crippen molar-refractivity contribution < 1.29 is 13.9 Å². The number of aromatic nitrogens is 2. The average molecular weight is 405 g/mol. The maximum Gasteiger partial charge on any atom is 0.420 e. The van der Waals surface area contributed by atoms with Crippen molar-refractivity contribution in [1.82, 2.24) is 14.5 Å². The number of piperidine rings is 1. The molecule has 4 aromatic rings. The number of aromatic amines is 1. The van der Waals surface area contributed by atoms with Crippen LogP contribution >= 0.6 is 0 Å². The Morgan fingerprint density at radius 3 is 2.67 bits per heavy atom. The van der Waals surface area contributed by atoms with Gasteiger partial charge in [-0.2, -0.15) is 0 Å². The Balaban J connectivity index is 1.39. The zero-order chi connectivity index (χ0) is 20.8. The van der Waals surface area contributed by atoms with E-state index in [1.807, 2.05) is 48.2 Å². The molecule has 0 spiro atoms. The van der Waals surface area contributed by atoms with E-state index in [1.165, 1.54) is 0 Å². The number of carbonyl (C=O) groups is 1. The Morgan fingerprint density at radius 1 is 1.13 bits per heavy atom. The Morgan fingerprint density at radius 2 is 1.90 bits per heavy atom. The zero-order valence-corrected chi connectivity index (χ0v) is 17.0. The molecule has 1 aliphatic heterocycles. The number of benzene rings is 2. The maximum absolute atomic E-state index is 13.2. The lowest BCUT2D eigenvalue weighted by Gasteiger charge is -2.32. The summed E-state index contributed by atoms with van der Waals surface area (Å²) in [5.74, 6) is 0.368. The van der Waals surface area contributed by atoms with Gasteiger partial charge in [-0.1, -0.05) is 24.3 Å². The lowest BCUT2D eigenvalue weighted by atomic mass is 10.0. The van der Waals surface area contributed by atoms with Crippen molar-refractivity contribution in [3.63, 3.8) is 0 Å². The van der Waals surface area contributed by atoms with Crippen LogP contribution in [0.25, 0.3) is 22.0 Å². The standard InChI is InChI=1S/C23H23N3O4/c1-14-16-6-5-9-19(29-2)21(16)24-20(14)22(27)25-12-10-15(11-13-25)26-17-7-3-4-8-18(17)30-23(26)28/h3-9,15,24H,10-13H2,1-2H3. The molecule has 0 saturated carbocycles. The van der Waals surface area contributed by atoms with Gasteiger partial charge in [-0.05, 0) is 43.5 Å². The lowest BCUT2D eigenvalue weighted by molar-refractivity contribution is 0.0688. The van der Waals surface area contributed by atoms with Crippen LogP contribution < -0.4 is 10.5 Å². The minimum absolute atomic E-state index is 0.0198. The van der Waals surface area contributed by atoms with Gasteiger partial charge in [0, 0.05) is 24.5 Å². The third kappa shape index (κ3) is 2.81. The predicted molar refractivity (Wildman–Crippen MR) is 114 cm³/mol. The number of H-pyrrole nitrogens is 1. The third-order valence-corrected chi connectivity index (χ3v) is 6.12. The number of likely N-dealkylation sites (tertiary alicyclic amines) is 1. The highest BCUT2D eigenvalue weighted by atomic mass is 16.5. The fourth-order valence-electron chi connectivity index (χ4n) is 4.53. The molecule has 1 amide bonds. The van der Waals surface area contributed by atoms with Gasteiger partial charge in [0.2, 0.25) is 0 Å². The molecule has 2 aromatic carbocycles. The molecule has 1 N–H and O–H groups in total. The van der Waals surface area contributed by atoms with Gasteiger partial charge in [0.05, 0.1) is 18.1 Å². The van der Waals surface area contributed by atoms with E-state index in [0.29, 0.717) is 37.2 Å². The second-order valence-corrected chi connectivity index (χ2v) is 7.74. The molecule has 30 heavy (non-hydrogen) atoms. The summed E-state index contributed by atoms with van der Waals surface area (Å²) in [5.41, 5.74) is 3.77. The molecular formula is C23H23N3O4. The summed E-state index contributed by atoms with van der Waals surface area (Å²) in [6, 6.07) is 13.3. The zero-order valence-electron chi connectivity index (χ0n) is 17.0. The summed E-state index contributed by atoms with van der Waals surface area (Å²) in [4.78, 5) is 30.7. The minimum atomic E-state index is -0.334. The SMILES string of the molecule is COc1cccc2c(C)c(C(=O)N3CCC(n4c(=O)oc5ccccc54)CC3)[nH]c12. The highest BCUT2D eigenvalue weighted by molar-refractivity contribution is 6.02. The van der Waals surface area contributed by atoms with Crippen molar-refractivity contribution in [3.05, 3.63) is 64.3 Å². The van der Waals surface area contributed by atoms with Crippen LogP contribution in [0.4, 0.5) is 0 Å². The van der Waals surface area contributed by atoms with Gasteiger partial charge in [0.1, 0.15) is 11.4 Å². The maximum atomic E-state index is 13.2. The largest absolute Gasteiger partial charge is 0.495 e. The van der Waals surface area contributed by atoms with Crippen LogP contribution in [-0.4, -0.2) is 40.6 Å². The molecule has 154 valence electrons. The number of rotatable bonds is 3. The molecule has 0 aliphatic carbocycles. The second-order valence-electron chi connectivity index (χ2n) is 7.74. The number of nitrogens with one attached hydrogen (secondary N) is 1. The number of ether oxygens (including phenoxy) is 1. The van der Waals surface area contributed by atoms with Crippen molar-refractivity contribution in [1.29, 1.82) is 0 Å². The first kappa shape index (κ1) is 18.5. The van der Waals surface area contributed by atoms with Gasteiger partial charge < -0.3 is 19.0 Å². The second kappa shape index (κ2) is 7.09. The highest BCUT2D eigenvalue weighted by Crippen LogP contribution is 2.31. The van der Waals surface area contributed by atoms with Gasteiger partial charge in [-0.3, -0.25) is 9.36 Å². The Kier molecular flexibility index (Phi) is 4.38. The number of carbonyl (C=O) groups excluding carboxylic acids is 1. The number of amides is 1. The van der Waals surface area contributed by atoms with Crippen molar-refractivity contribution in [2.24, 2.45) is 0 Å². The van der Waals surface area contributed by atoms with E-state index in [4.69, 9.17) is 9.15 Å². The first-order valence-electron chi connectivity index (χ1n) is 10.1. The Bertz CT molecular complexity index is 1310. The minimum Gasteiger partial charge on any atom is -0.495 e. The van der Waals surface area contributed by atoms with E-state index in [9.17, 15) is 9.59 Å². The van der Waals surface area contributed by atoms with Crippen LogP contribution in [0.15, 0.2) is 51.7 Å². The first-order valence-corrected chi connectivity index (χ1v) is 10.1. The molecule has 0 atom stereocenters. The third-order valence-electron chi connectivity index (χ3n) is 6.12. The van der Waals surface area contributed by atoms with E-state index in [1.54, 1.807) is 17.7 Å². The van der Waals surface area contributed by atoms with E-state index in [0.717, 1.165) is 27.7 Å². The predicted octanol–water partition coefficient (Wildman–Crippen LogP) is 3.87. The smallest absolute Gasteiger partial charge is 0.420 e. The van der Waals surface area contributed by atoms with Crippen LogP contribution in [-0.2, 0) is 0 Å². The molecule has 0 radical (unpaired) electrons. The van der Waals surface area contributed by atoms with Gasteiger partial charge >= 0.3 is 5.76 Å². The van der Waals surface area contributed by atoms with Gasteiger partial charge in [0.15, 0.2) is 5.58 Å². The summed E-state index contributed by atoms with van der Waals surface area (Å²) < 4.78 is 12.5. The van der Waals surface area contributed by atoms with Crippen molar-refractivity contribution in [2.75, 3.05) is 20.2 Å². The first-order chi connectivity index (χ1) is 14.6. The molecule has 3 heterocycles. The molecule has 7 nitrogen and oxygen atoms in total. The number of fused-ring (bicyclic) bond motifs is 2. The molecular weight excluding hydrogens is 382 g/mol. The summed E-state index contributed by atoms with van der Waals surface area (Å²) >= 11 is 0. The summed E-state index contributed by atoms with van der Waals surface area (Å²) in [7, 11) is 1.62. The Hall–Kier alpha value is -3.48. The fraction of sp³-hybridized carbons (Fsp3) is 0.304. The molecule has 7 heteroatoms. The lowest BCUT2D eigenvalue weighted by Crippen LogP contribution is -2.40. The summed E-state index contributed by atoms with van der Waals surface area (Å²) in [5, 5.41) is 0.990. The highest BCUT2D eigenvalue weighted by Gasteiger charge is 2.29. The number of hydrogen-bond donors (Lipinski definition) is 1. The van der Waals surface area contributed by atoms with E-state index in [2.05, 4.69) is 4.98 Å². The molecule has 1 fully saturated rings. The van der Waals surface area contributed by atoms with Gasteiger partial charge in [-0.15, -0.1) is 0 Å². The number of para-hydroxylation sites is 3. The van der Waals surface area contributed by atoms with Crippen molar-refractivity contribution in [3.8, 4) is 5.75 Å². The summed E-state index contributed by atoms with van der Waals surface area (Å²) in [6.45, 7) is 3.12. The molecule has 0 unspecified atom stereocenters. The molecule has 0 bridgehead atoms. The van der Waals surface area contributed by atoms with Crippen LogP contribution in [0.3, 0.4) is 0 Å². The number of methoxy groups -OCH3 is 1. The number of nitrogens with zero attached hydrogens (tertiary/aromatic N) is 2. The monoisotopic (exact) mass is 405 g/mol. The molecule has 5 rings (SSSR count). The number of hydrogen-bond acceptors (Lipinski definition) is 4. The normalized spacial score (nSPS) is 15.2. The molecule has 1 saturated heterocycles. The van der Waals surface area contributed by atoms with Crippen LogP contribution in [0.5, 0.6) is 5.75 Å². The average Bonchev–Trinajstić information content (AvgIpc) is 3.29. The summed E-state index contributed by atoms with van der Waals surface area (Å²) in [6.07, 6.45) is 1.41. The quantitative estimate of drug-likeness (QED) is 0.561. The Labute approximate surface area is 172 Å².